The lowest BCUT2D eigenvalue weighted by Crippen LogP contribution is -2.44. The molecule has 1 heterocycles. The fourth-order valence-corrected chi connectivity index (χ4v) is 2.22. The molecule has 3 heteroatoms. The zero-order chi connectivity index (χ0) is 11.1. The quantitative estimate of drug-likeness (QED) is 0.773. The molecule has 0 aliphatic carbocycles. The molecule has 1 atom stereocenters. The van der Waals surface area contributed by atoms with E-state index in [4.69, 9.17) is 5.73 Å². The summed E-state index contributed by atoms with van der Waals surface area (Å²) in [7, 11) is 0. The third-order valence-electron chi connectivity index (χ3n) is 3.21. The molecule has 0 aromatic heterocycles. The fourth-order valence-electron chi connectivity index (χ4n) is 2.22. The molecule has 2 N–H and O–H groups in total. The Bertz CT molecular complexity index is 194. The summed E-state index contributed by atoms with van der Waals surface area (Å²) in [6.07, 6.45) is 7.50. The van der Waals surface area contributed by atoms with Crippen LogP contribution in [-0.2, 0) is 4.79 Å². The van der Waals surface area contributed by atoms with Crippen LogP contribution in [0.2, 0.25) is 0 Å². The second-order valence-electron chi connectivity index (χ2n) is 4.43. The normalized spacial score (nSPS) is 22.5. The van der Waals surface area contributed by atoms with Gasteiger partial charge in [0.1, 0.15) is 0 Å². The SMILES string of the molecule is CCCCC(=O)N1CCCCCC1CN. The number of hydrogen-bond donors (Lipinski definition) is 1. The van der Waals surface area contributed by atoms with Crippen molar-refractivity contribution >= 4 is 5.91 Å². The number of unbranched alkanes of at least 4 members (excludes halogenated alkanes) is 1. The first-order valence-corrected chi connectivity index (χ1v) is 6.29. The van der Waals surface area contributed by atoms with Crippen molar-refractivity contribution in [2.24, 2.45) is 5.73 Å². The number of carbonyl (C=O) groups is 1. The number of rotatable bonds is 4. The molecule has 1 saturated heterocycles. The van der Waals surface area contributed by atoms with E-state index >= 15 is 0 Å². The molecular weight excluding hydrogens is 188 g/mol. The van der Waals surface area contributed by atoms with Gasteiger partial charge in [0.15, 0.2) is 0 Å². The number of nitrogens with zero attached hydrogens (tertiary/aromatic N) is 1. The number of carbonyl (C=O) groups excluding carboxylic acids is 1. The molecule has 1 unspecified atom stereocenters. The molecule has 3 nitrogen and oxygen atoms in total. The van der Waals surface area contributed by atoms with Crippen LogP contribution in [0.3, 0.4) is 0 Å². The van der Waals surface area contributed by atoms with E-state index in [0.717, 1.165) is 32.2 Å². The van der Waals surface area contributed by atoms with E-state index in [1.54, 1.807) is 0 Å². The Kier molecular flexibility index (Phi) is 5.69. The second-order valence-corrected chi connectivity index (χ2v) is 4.43. The summed E-state index contributed by atoms with van der Waals surface area (Å²) in [5.74, 6) is 0.314. The Hall–Kier alpha value is -0.570. The first-order valence-electron chi connectivity index (χ1n) is 6.29. The Morgan fingerprint density at radius 3 is 2.87 bits per heavy atom. The van der Waals surface area contributed by atoms with Crippen molar-refractivity contribution < 1.29 is 4.79 Å². The molecule has 1 aliphatic heterocycles. The number of likely N-dealkylation sites (tertiary alicyclic amines) is 1. The Balaban J connectivity index is 2.49. The average Bonchev–Trinajstić information content (AvgIpc) is 2.50. The lowest BCUT2D eigenvalue weighted by Gasteiger charge is -2.29. The van der Waals surface area contributed by atoms with Gasteiger partial charge in [0.05, 0.1) is 0 Å². The van der Waals surface area contributed by atoms with Crippen molar-refractivity contribution in [2.45, 2.75) is 57.9 Å². The maximum absolute atomic E-state index is 11.9. The standard InChI is InChI=1S/C12H24N2O/c1-2-3-8-12(15)14-9-6-4-5-7-11(14)10-13/h11H,2-10,13H2,1H3. The topological polar surface area (TPSA) is 46.3 Å². The van der Waals surface area contributed by atoms with Crippen molar-refractivity contribution in [3.05, 3.63) is 0 Å². The fraction of sp³-hybridized carbons (Fsp3) is 0.917. The summed E-state index contributed by atoms with van der Waals surface area (Å²) in [5.41, 5.74) is 5.74. The molecule has 0 spiro atoms. The van der Waals surface area contributed by atoms with E-state index in [1.807, 2.05) is 4.90 Å². The zero-order valence-electron chi connectivity index (χ0n) is 9.87. The highest BCUT2D eigenvalue weighted by Gasteiger charge is 2.23. The van der Waals surface area contributed by atoms with Gasteiger partial charge in [0.25, 0.3) is 0 Å². The molecule has 0 aromatic carbocycles. The van der Waals surface area contributed by atoms with E-state index in [9.17, 15) is 4.79 Å². The minimum Gasteiger partial charge on any atom is -0.338 e. The third-order valence-corrected chi connectivity index (χ3v) is 3.21. The van der Waals surface area contributed by atoms with Crippen LogP contribution in [0.5, 0.6) is 0 Å². The summed E-state index contributed by atoms with van der Waals surface area (Å²) in [6.45, 7) is 3.67. The Labute approximate surface area is 93.0 Å². The molecule has 0 saturated carbocycles. The lowest BCUT2D eigenvalue weighted by atomic mass is 10.1. The number of hydrogen-bond acceptors (Lipinski definition) is 2. The summed E-state index contributed by atoms with van der Waals surface area (Å²) in [4.78, 5) is 14.0. The van der Waals surface area contributed by atoms with Crippen molar-refractivity contribution in [1.29, 1.82) is 0 Å². The molecule has 1 aliphatic rings. The smallest absolute Gasteiger partial charge is 0.222 e. The van der Waals surface area contributed by atoms with Gasteiger partial charge in [-0.2, -0.15) is 0 Å². The average molecular weight is 212 g/mol. The van der Waals surface area contributed by atoms with E-state index in [1.165, 1.54) is 12.8 Å². The predicted octanol–water partition coefficient (Wildman–Crippen LogP) is 1.91. The predicted molar refractivity (Wildman–Crippen MR) is 62.5 cm³/mol. The van der Waals surface area contributed by atoms with Gasteiger partial charge < -0.3 is 10.6 Å². The van der Waals surface area contributed by atoms with Crippen LogP contribution >= 0.6 is 0 Å². The van der Waals surface area contributed by atoms with Crippen LogP contribution in [0.25, 0.3) is 0 Å². The van der Waals surface area contributed by atoms with Crippen LogP contribution in [0.4, 0.5) is 0 Å². The summed E-state index contributed by atoms with van der Waals surface area (Å²) >= 11 is 0. The Morgan fingerprint density at radius 1 is 1.40 bits per heavy atom. The molecule has 0 aromatic rings. The lowest BCUT2D eigenvalue weighted by molar-refractivity contribution is -0.133. The zero-order valence-corrected chi connectivity index (χ0v) is 9.87. The van der Waals surface area contributed by atoms with Crippen LogP contribution in [0.1, 0.15) is 51.9 Å². The van der Waals surface area contributed by atoms with Crippen molar-refractivity contribution in [3.63, 3.8) is 0 Å². The van der Waals surface area contributed by atoms with Gasteiger partial charge in [0, 0.05) is 25.6 Å². The molecular formula is C12H24N2O. The molecule has 0 bridgehead atoms. The van der Waals surface area contributed by atoms with Crippen molar-refractivity contribution in [3.8, 4) is 0 Å². The molecule has 0 radical (unpaired) electrons. The minimum absolute atomic E-state index is 0.303. The van der Waals surface area contributed by atoms with E-state index in [0.29, 0.717) is 24.9 Å². The Morgan fingerprint density at radius 2 is 2.20 bits per heavy atom. The minimum atomic E-state index is 0.303. The van der Waals surface area contributed by atoms with Crippen LogP contribution in [0, 0.1) is 0 Å². The second kappa shape index (κ2) is 6.83. The summed E-state index contributed by atoms with van der Waals surface area (Å²) < 4.78 is 0. The molecule has 1 amide bonds. The van der Waals surface area contributed by atoms with Gasteiger partial charge in [-0.1, -0.05) is 26.2 Å². The maximum atomic E-state index is 11.9. The first-order chi connectivity index (χ1) is 7.29. The number of amides is 1. The first kappa shape index (κ1) is 12.5. The molecule has 15 heavy (non-hydrogen) atoms. The van der Waals surface area contributed by atoms with E-state index in [2.05, 4.69) is 6.92 Å². The number of nitrogens with two attached hydrogens (primary N) is 1. The summed E-state index contributed by atoms with van der Waals surface area (Å²) in [6, 6.07) is 0.303. The molecule has 1 rings (SSSR count). The van der Waals surface area contributed by atoms with Gasteiger partial charge in [-0.05, 0) is 19.3 Å². The monoisotopic (exact) mass is 212 g/mol. The third kappa shape index (κ3) is 3.82. The summed E-state index contributed by atoms with van der Waals surface area (Å²) in [5, 5.41) is 0. The van der Waals surface area contributed by atoms with Gasteiger partial charge in [-0.25, -0.2) is 0 Å². The largest absolute Gasteiger partial charge is 0.338 e. The highest BCUT2D eigenvalue weighted by molar-refractivity contribution is 5.76. The van der Waals surface area contributed by atoms with Crippen LogP contribution < -0.4 is 5.73 Å². The van der Waals surface area contributed by atoms with Crippen LogP contribution in [0.15, 0.2) is 0 Å². The van der Waals surface area contributed by atoms with Crippen LogP contribution in [-0.4, -0.2) is 29.9 Å². The highest BCUT2D eigenvalue weighted by Crippen LogP contribution is 2.17. The van der Waals surface area contributed by atoms with E-state index < -0.39 is 0 Å². The van der Waals surface area contributed by atoms with Crippen molar-refractivity contribution in [2.75, 3.05) is 13.1 Å². The van der Waals surface area contributed by atoms with E-state index in [-0.39, 0.29) is 0 Å². The highest BCUT2D eigenvalue weighted by atomic mass is 16.2. The van der Waals surface area contributed by atoms with Gasteiger partial charge in [-0.3, -0.25) is 4.79 Å². The van der Waals surface area contributed by atoms with Crippen molar-refractivity contribution in [1.82, 2.24) is 4.90 Å². The molecule has 1 fully saturated rings. The van der Waals surface area contributed by atoms with Gasteiger partial charge >= 0.3 is 0 Å². The molecule has 88 valence electrons. The van der Waals surface area contributed by atoms with Gasteiger partial charge in [-0.15, -0.1) is 0 Å². The maximum Gasteiger partial charge on any atom is 0.222 e. The van der Waals surface area contributed by atoms with Gasteiger partial charge in [0.2, 0.25) is 5.91 Å².